The summed E-state index contributed by atoms with van der Waals surface area (Å²) in [5.74, 6) is 0.636. The number of hydrogen-bond donors (Lipinski definition) is 1. The lowest BCUT2D eigenvalue weighted by molar-refractivity contribution is -0.112. The highest BCUT2D eigenvalue weighted by Gasteiger charge is 2.12. The Balaban J connectivity index is 1.41. The number of hydrogen-bond acceptors (Lipinski definition) is 4. The van der Waals surface area contributed by atoms with E-state index in [4.69, 9.17) is 21.1 Å². The van der Waals surface area contributed by atoms with E-state index in [2.05, 4.69) is 21.2 Å². The summed E-state index contributed by atoms with van der Waals surface area (Å²) in [6, 6.07) is 31.6. The fourth-order valence-electron chi connectivity index (χ4n) is 3.38. The van der Waals surface area contributed by atoms with Crippen molar-refractivity contribution in [1.82, 2.24) is 0 Å². The van der Waals surface area contributed by atoms with Crippen LogP contribution in [0.2, 0.25) is 5.02 Å². The molecule has 1 N–H and O–H groups in total. The molecule has 37 heavy (non-hydrogen) atoms. The SMILES string of the molecule is N#C/C(=C\c1cc(Cl)ccc1OCc1ccccc1)C(=O)Nc1ccc(OCc2ccc(Br)cc2)cc1. The summed E-state index contributed by atoms with van der Waals surface area (Å²) >= 11 is 9.59. The molecule has 0 unspecified atom stereocenters. The van der Waals surface area contributed by atoms with Crippen molar-refractivity contribution in [3.63, 3.8) is 0 Å². The third kappa shape index (κ3) is 7.71. The van der Waals surface area contributed by atoms with E-state index in [0.717, 1.165) is 15.6 Å². The second-order valence-electron chi connectivity index (χ2n) is 8.02. The van der Waals surface area contributed by atoms with Crippen LogP contribution in [-0.4, -0.2) is 5.91 Å². The summed E-state index contributed by atoms with van der Waals surface area (Å²) in [6.45, 7) is 0.766. The van der Waals surface area contributed by atoms with Gasteiger partial charge in [0.15, 0.2) is 0 Å². The summed E-state index contributed by atoms with van der Waals surface area (Å²) in [5, 5.41) is 12.9. The molecule has 4 aromatic carbocycles. The maximum Gasteiger partial charge on any atom is 0.266 e. The zero-order valence-electron chi connectivity index (χ0n) is 19.7. The third-order valence-corrected chi connectivity index (χ3v) is 6.07. The van der Waals surface area contributed by atoms with Gasteiger partial charge in [0.05, 0.1) is 0 Å². The molecule has 7 heteroatoms. The van der Waals surface area contributed by atoms with Crippen molar-refractivity contribution < 1.29 is 14.3 Å². The molecule has 0 saturated carbocycles. The molecule has 0 aliphatic heterocycles. The number of anilines is 1. The lowest BCUT2D eigenvalue weighted by atomic mass is 10.1. The summed E-state index contributed by atoms with van der Waals surface area (Å²) in [6.07, 6.45) is 1.47. The molecular formula is C30H22BrClN2O3. The average molecular weight is 574 g/mol. The predicted octanol–water partition coefficient (Wildman–Crippen LogP) is 7.81. The zero-order chi connectivity index (χ0) is 26.0. The normalized spacial score (nSPS) is 10.9. The Morgan fingerprint density at radius 2 is 1.57 bits per heavy atom. The first-order valence-corrected chi connectivity index (χ1v) is 12.5. The van der Waals surface area contributed by atoms with Crippen LogP contribution in [-0.2, 0) is 18.0 Å². The topological polar surface area (TPSA) is 71.3 Å². The minimum atomic E-state index is -0.542. The van der Waals surface area contributed by atoms with E-state index in [-0.39, 0.29) is 5.57 Å². The van der Waals surface area contributed by atoms with Crippen LogP contribution < -0.4 is 14.8 Å². The number of benzene rings is 4. The molecule has 0 saturated heterocycles. The van der Waals surface area contributed by atoms with Gasteiger partial charge in [-0.05, 0) is 71.8 Å². The van der Waals surface area contributed by atoms with Crippen molar-refractivity contribution in [2.24, 2.45) is 0 Å². The van der Waals surface area contributed by atoms with Crippen LogP contribution in [0.1, 0.15) is 16.7 Å². The molecule has 0 radical (unpaired) electrons. The summed E-state index contributed by atoms with van der Waals surface area (Å²) in [7, 11) is 0. The fourth-order valence-corrected chi connectivity index (χ4v) is 3.83. The molecule has 5 nitrogen and oxygen atoms in total. The van der Waals surface area contributed by atoms with Gasteiger partial charge in [0.1, 0.15) is 36.4 Å². The first-order chi connectivity index (χ1) is 18.0. The highest BCUT2D eigenvalue weighted by Crippen LogP contribution is 2.27. The molecule has 0 spiro atoms. The van der Waals surface area contributed by atoms with Gasteiger partial charge in [0.2, 0.25) is 0 Å². The van der Waals surface area contributed by atoms with Gasteiger partial charge in [-0.15, -0.1) is 0 Å². The van der Waals surface area contributed by atoms with E-state index < -0.39 is 5.91 Å². The Hall–Kier alpha value is -4.05. The molecule has 0 fully saturated rings. The van der Waals surface area contributed by atoms with Gasteiger partial charge in [-0.25, -0.2) is 0 Å². The predicted molar refractivity (Wildman–Crippen MR) is 149 cm³/mol. The second kappa shape index (κ2) is 12.8. The summed E-state index contributed by atoms with van der Waals surface area (Å²) < 4.78 is 12.7. The highest BCUT2D eigenvalue weighted by atomic mass is 79.9. The number of ether oxygens (including phenoxy) is 2. The van der Waals surface area contributed by atoms with E-state index in [1.807, 2.05) is 60.7 Å². The standard InChI is InChI=1S/C30H22BrClN2O3/c31-25-8-6-22(7-9-25)19-36-28-13-11-27(12-14-28)34-30(35)24(18-33)16-23-17-26(32)10-15-29(23)37-20-21-4-2-1-3-5-21/h1-17H,19-20H2,(H,34,35)/b24-16+. The minimum Gasteiger partial charge on any atom is -0.489 e. The molecule has 0 aliphatic carbocycles. The molecule has 0 aromatic heterocycles. The van der Waals surface area contributed by atoms with Gasteiger partial charge in [-0.3, -0.25) is 4.79 Å². The Morgan fingerprint density at radius 1 is 0.892 bits per heavy atom. The van der Waals surface area contributed by atoms with Crippen molar-refractivity contribution in [3.8, 4) is 17.6 Å². The van der Waals surface area contributed by atoms with Crippen molar-refractivity contribution in [3.05, 3.63) is 129 Å². The largest absolute Gasteiger partial charge is 0.489 e. The van der Waals surface area contributed by atoms with Gasteiger partial charge in [0.25, 0.3) is 5.91 Å². The van der Waals surface area contributed by atoms with Gasteiger partial charge >= 0.3 is 0 Å². The molecule has 0 atom stereocenters. The number of nitriles is 1. The number of nitrogens with zero attached hydrogens (tertiary/aromatic N) is 1. The lowest BCUT2D eigenvalue weighted by Gasteiger charge is -2.11. The summed E-state index contributed by atoms with van der Waals surface area (Å²) in [4.78, 5) is 12.8. The Labute approximate surface area is 229 Å². The van der Waals surface area contributed by atoms with E-state index >= 15 is 0 Å². The van der Waals surface area contributed by atoms with Crippen LogP contribution in [0.5, 0.6) is 11.5 Å². The zero-order valence-corrected chi connectivity index (χ0v) is 22.0. The Bertz CT molecular complexity index is 1430. The molecule has 0 bridgehead atoms. The number of carbonyl (C=O) groups is 1. The van der Waals surface area contributed by atoms with Gasteiger partial charge in [0, 0.05) is 20.7 Å². The van der Waals surface area contributed by atoms with Crippen molar-refractivity contribution in [2.45, 2.75) is 13.2 Å². The average Bonchev–Trinajstić information content (AvgIpc) is 2.92. The Kier molecular flexibility index (Phi) is 8.98. The first kappa shape index (κ1) is 26.0. The number of amides is 1. The van der Waals surface area contributed by atoms with Crippen molar-refractivity contribution in [1.29, 1.82) is 5.26 Å². The van der Waals surface area contributed by atoms with E-state index in [9.17, 15) is 10.1 Å². The maximum absolute atomic E-state index is 12.8. The summed E-state index contributed by atoms with van der Waals surface area (Å²) in [5.41, 5.74) is 3.02. The molecule has 4 aromatic rings. The van der Waals surface area contributed by atoms with Gasteiger partial charge < -0.3 is 14.8 Å². The van der Waals surface area contributed by atoms with Gasteiger partial charge in [-0.1, -0.05) is 70.0 Å². The minimum absolute atomic E-state index is 0.0811. The quantitative estimate of drug-likeness (QED) is 0.164. The van der Waals surface area contributed by atoms with Gasteiger partial charge in [-0.2, -0.15) is 5.26 Å². The van der Waals surface area contributed by atoms with E-state index in [1.165, 1.54) is 6.08 Å². The van der Waals surface area contributed by atoms with Crippen LogP contribution in [0.3, 0.4) is 0 Å². The lowest BCUT2D eigenvalue weighted by Crippen LogP contribution is -2.13. The molecule has 4 rings (SSSR count). The molecule has 0 aliphatic rings. The molecule has 0 heterocycles. The fraction of sp³-hybridized carbons (Fsp3) is 0.0667. The third-order valence-electron chi connectivity index (χ3n) is 5.30. The van der Waals surface area contributed by atoms with E-state index in [1.54, 1.807) is 42.5 Å². The van der Waals surface area contributed by atoms with Crippen LogP contribution in [0.25, 0.3) is 6.08 Å². The molecule has 184 valence electrons. The van der Waals surface area contributed by atoms with Crippen LogP contribution in [0, 0.1) is 11.3 Å². The monoisotopic (exact) mass is 572 g/mol. The number of nitrogens with one attached hydrogen (secondary N) is 1. The number of halogens is 2. The second-order valence-corrected chi connectivity index (χ2v) is 9.37. The van der Waals surface area contributed by atoms with Crippen LogP contribution >= 0.6 is 27.5 Å². The first-order valence-electron chi connectivity index (χ1n) is 11.4. The van der Waals surface area contributed by atoms with Crippen molar-refractivity contribution >= 4 is 45.2 Å². The molecule has 1 amide bonds. The maximum atomic E-state index is 12.8. The number of rotatable bonds is 9. The van der Waals surface area contributed by atoms with Crippen LogP contribution in [0.4, 0.5) is 5.69 Å². The van der Waals surface area contributed by atoms with Crippen molar-refractivity contribution in [2.75, 3.05) is 5.32 Å². The smallest absolute Gasteiger partial charge is 0.266 e. The van der Waals surface area contributed by atoms with Crippen LogP contribution in [0.15, 0.2) is 107 Å². The van der Waals surface area contributed by atoms with E-state index in [0.29, 0.717) is 41.0 Å². The highest BCUT2D eigenvalue weighted by molar-refractivity contribution is 9.10. The Morgan fingerprint density at radius 3 is 2.27 bits per heavy atom. The molecular weight excluding hydrogens is 552 g/mol. The number of carbonyl (C=O) groups excluding carboxylic acids is 1.